The van der Waals surface area contributed by atoms with Crippen molar-refractivity contribution in [2.45, 2.75) is 36.5 Å². The average Bonchev–Trinajstić information content (AvgIpc) is 3.24. The highest BCUT2D eigenvalue weighted by Crippen LogP contribution is 2.39. The molecule has 0 amide bonds. The Morgan fingerprint density at radius 3 is 2.28 bits per heavy atom. The van der Waals surface area contributed by atoms with E-state index in [4.69, 9.17) is 4.74 Å². The number of hydrogen-bond acceptors (Lipinski definition) is 5. The van der Waals surface area contributed by atoms with E-state index in [2.05, 4.69) is 4.72 Å². The van der Waals surface area contributed by atoms with Gasteiger partial charge in [-0.1, -0.05) is 36.4 Å². The van der Waals surface area contributed by atoms with Crippen LogP contribution in [0.15, 0.2) is 77.7 Å². The maximum atomic E-state index is 15.4. The molecule has 1 heterocycles. The van der Waals surface area contributed by atoms with E-state index in [-0.39, 0.29) is 21.9 Å². The lowest BCUT2D eigenvalue weighted by Gasteiger charge is -2.29. The molecular weight excluding hydrogens is 506 g/mol. The molecule has 0 radical (unpaired) electrons. The van der Waals surface area contributed by atoms with E-state index in [1.807, 2.05) is 0 Å². The van der Waals surface area contributed by atoms with Crippen molar-refractivity contribution in [1.29, 1.82) is 0 Å². The molecule has 2 atom stereocenters. The van der Waals surface area contributed by atoms with E-state index >= 15 is 4.39 Å². The van der Waals surface area contributed by atoms with Gasteiger partial charge >= 0.3 is 0 Å². The number of rotatable bonds is 7. The third kappa shape index (κ3) is 4.73. The highest BCUT2D eigenvalue weighted by molar-refractivity contribution is 7.91. The van der Waals surface area contributed by atoms with Gasteiger partial charge in [-0.05, 0) is 57.2 Å². The molecule has 0 fully saturated rings. The molecule has 4 aromatic rings. The second kappa shape index (κ2) is 9.85. The smallest absolute Gasteiger partial charge is 0.268 e. The Hall–Kier alpha value is -2.92. The summed E-state index contributed by atoms with van der Waals surface area (Å²) in [5.74, 6) is -2.40. The largest absolute Gasteiger partial charge is 0.598 e. The molecule has 10 heteroatoms. The Balaban J connectivity index is 2.08. The van der Waals surface area contributed by atoms with Crippen LogP contribution < -0.4 is 9.46 Å². The van der Waals surface area contributed by atoms with Crippen LogP contribution >= 0.6 is 0 Å². The Morgan fingerprint density at radius 2 is 1.64 bits per heavy atom. The predicted octanol–water partition coefficient (Wildman–Crippen LogP) is 5.31. The first-order valence-corrected chi connectivity index (χ1v) is 13.7. The molecule has 1 aromatic heterocycles. The monoisotopic (exact) mass is 532 g/mol. The van der Waals surface area contributed by atoms with Gasteiger partial charge < -0.3 is 9.29 Å². The summed E-state index contributed by atoms with van der Waals surface area (Å²) in [6.07, 6.45) is 0. The number of para-hydroxylation sites is 1. The van der Waals surface area contributed by atoms with Crippen LogP contribution in [0.25, 0.3) is 10.9 Å². The van der Waals surface area contributed by atoms with Crippen molar-refractivity contribution >= 4 is 32.3 Å². The van der Waals surface area contributed by atoms with Gasteiger partial charge in [-0.2, -0.15) is 0 Å². The number of ether oxygens (including phenoxy) is 1. The maximum Gasteiger partial charge on any atom is 0.268 e. The Kier molecular flexibility index (Phi) is 7.16. The Morgan fingerprint density at radius 1 is 1.00 bits per heavy atom. The van der Waals surface area contributed by atoms with Crippen LogP contribution in [0.5, 0.6) is 5.75 Å². The van der Waals surface area contributed by atoms with Gasteiger partial charge in [0.15, 0.2) is 11.6 Å². The van der Waals surface area contributed by atoms with Crippen molar-refractivity contribution in [3.05, 3.63) is 95.7 Å². The summed E-state index contributed by atoms with van der Waals surface area (Å²) in [5.41, 5.74) is 0.100. The highest BCUT2D eigenvalue weighted by atomic mass is 32.2. The van der Waals surface area contributed by atoms with E-state index in [9.17, 15) is 17.4 Å². The molecule has 4 rings (SSSR count). The molecule has 6 nitrogen and oxygen atoms in total. The number of benzene rings is 3. The summed E-state index contributed by atoms with van der Waals surface area (Å²) >= 11 is -1.80. The van der Waals surface area contributed by atoms with Gasteiger partial charge in [-0.3, -0.25) is 0 Å². The second-order valence-electron chi connectivity index (χ2n) is 9.12. The SMILES string of the molecule is COc1ccc(F)c(F)c1C(N[S+]([O-])C(C)(C)C)c1cc2ccccc2n1S(=O)(=O)c1ccccc1. The van der Waals surface area contributed by atoms with Crippen LogP contribution in [0.3, 0.4) is 0 Å². The first-order valence-electron chi connectivity index (χ1n) is 11.1. The Bertz CT molecular complexity index is 1500. The molecular formula is C26H26F2N2O4S2. The van der Waals surface area contributed by atoms with Crippen molar-refractivity contribution in [1.82, 2.24) is 8.69 Å². The quantitative estimate of drug-likeness (QED) is 0.326. The number of fused-ring (bicyclic) bond motifs is 1. The predicted molar refractivity (Wildman–Crippen MR) is 137 cm³/mol. The lowest BCUT2D eigenvalue weighted by molar-refractivity contribution is 0.392. The molecule has 3 aromatic carbocycles. The van der Waals surface area contributed by atoms with Gasteiger partial charge in [0.05, 0.1) is 28.8 Å². The zero-order valence-corrected chi connectivity index (χ0v) is 21.8. The number of aromatic nitrogens is 1. The zero-order valence-electron chi connectivity index (χ0n) is 20.2. The van der Waals surface area contributed by atoms with Crippen LogP contribution in [-0.4, -0.2) is 28.8 Å². The summed E-state index contributed by atoms with van der Waals surface area (Å²) in [4.78, 5) is 0.00924. The van der Waals surface area contributed by atoms with Crippen molar-refractivity contribution < 1.29 is 26.5 Å². The summed E-state index contributed by atoms with van der Waals surface area (Å²) in [6, 6.07) is 16.9. The maximum absolute atomic E-state index is 15.4. The van der Waals surface area contributed by atoms with Crippen LogP contribution in [0, 0.1) is 11.6 Å². The molecule has 0 aliphatic rings. The average molecular weight is 533 g/mol. The number of methoxy groups -OCH3 is 1. The van der Waals surface area contributed by atoms with Crippen LogP contribution in [0.2, 0.25) is 0 Å². The fourth-order valence-corrected chi connectivity index (χ4v) is 6.24. The topological polar surface area (TPSA) is 83.4 Å². The van der Waals surface area contributed by atoms with Gasteiger partial charge in [0.25, 0.3) is 10.0 Å². The molecule has 190 valence electrons. The lowest BCUT2D eigenvalue weighted by atomic mass is 10.0. The summed E-state index contributed by atoms with van der Waals surface area (Å²) < 4.78 is 79.4. The van der Waals surface area contributed by atoms with Gasteiger partial charge in [0.1, 0.15) is 16.5 Å². The van der Waals surface area contributed by atoms with Crippen molar-refractivity contribution in [2.24, 2.45) is 0 Å². The number of nitrogens with one attached hydrogen (secondary N) is 1. The van der Waals surface area contributed by atoms with E-state index in [0.717, 1.165) is 10.0 Å². The van der Waals surface area contributed by atoms with Crippen LogP contribution in [0.1, 0.15) is 38.1 Å². The molecule has 0 saturated carbocycles. The fraction of sp³-hybridized carbons (Fsp3) is 0.231. The minimum Gasteiger partial charge on any atom is -0.598 e. The molecule has 36 heavy (non-hydrogen) atoms. The van der Waals surface area contributed by atoms with E-state index < -0.39 is 43.8 Å². The molecule has 1 N–H and O–H groups in total. The summed E-state index contributed by atoms with van der Waals surface area (Å²) in [5, 5.41) is 0.552. The molecule has 0 aliphatic carbocycles. The van der Waals surface area contributed by atoms with Crippen molar-refractivity contribution in [2.75, 3.05) is 7.11 Å². The van der Waals surface area contributed by atoms with Crippen molar-refractivity contribution in [3.63, 3.8) is 0 Å². The normalized spacial score (nSPS) is 14.1. The third-order valence-electron chi connectivity index (χ3n) is 5.65. The number of hydrogen-bond donors (Lipinski definition) is 1. The third-order valence-corrected chi connectivity index (χ3v) is 8.97. The van der Waals surface area contributed by atoms with Crippen LogP contribution in [-0.2, 0) is 21.4 Å². The summed E-state index contributed by atoms with van der Waals surface area (Å²) in [7, 11) is -2.90. The summed E-state index contributed by atoms with van der Waals surface area (Å²) in [6.45, 7) is 5.13. The van der Waals surface area contributed by atoms with Gasteiger partial charge in [0.2, 0.25) is 0 Å². The zero-order chi connectivity index (χ0) is 26.3. The number of nitrogens with zero attached hydrogens (tertiary/aromatic N) is 1. The van der Waals surface area contributed by atoms with Crippen molar-refractivity contribution in [3.8, 4) is 5.75 Å². The first kappa shape index (κ1) is 26.2. The molecule has 0 spiro atoms. The first-order chi connectivity index (χ1) is 17.0. The molecule has 0 bridgehead atoms. The molecule has 0 aliphatic heterocycles. The second-order valence-corrected chi connectivity index (χ2v) is 12.9. The van der Waals surface area contributed by atoms with Gasteiger partial charge in [0, 0.05) is 16.7 Å². The molecule has 2 unspecified atom stereocenters. The van der Waals surface area contributed by atoms with Crippen LogP contribution in [0.4, 0.5) is 8.78 Å². The molecule has 0 saturated heterocycles. The fourth-order valence-electron chi connectivity index (χ4n) is 3.86. The minimum atomic E-state index is -4.20. The van der Waals surface area contributed by atoms with E-state index in [1.165, 1.54) is 25.3 Å². The standard InChI is InChI=1S/C26H26F2N2O4S2/c1-26(2,3)35(31)29-25(23-22(34-4)15-14-19(27)24(23)28)21-16-17-10-8-9-13-20(17)30(21)36(32,33)18-11-6-5-7-12-18/h5-16,25,29H,1-4H3. The minimum absolute atomic E-state index is 0.00924. The lowest BCUT2D eigenvalue weighted by Crippen LogP contribution is -2.42. The van der Waals surface area contributed by atoms with E-state index in [0.29, 0.717) is 10.9 Å². The van der Waals surface area contributed by atoms with Gasteiger partial charge in [-0.15, -0.1) is 4.72 Å². The van der Waals surface area contributed by atoms with E-state index in [1.54, 1.807) is 69.3 Å². The van der Waals surface area contributed by atoms with Gasteiger partial charge in [-0.25, -0.2) is 21.2 Å². The Labute approximate surface area is 212 Å². The highest BCUT2D eigenvalue weighted by Gasteiger charge is 2.38. The number of halogens is 2.